The number of amides is 2. The highest BCUT2D eigenvalue weighted by Crippen LogP contribution is 2.26. The van der Waals surface area contributed by atoms with Gasteiger partial charge in [0.25, 0.3) is 0 Å². The molecule has 1 aliphatic heterocycles. The van der Waals surface area contributed by atoms with Gasteiger partial charge in [-0.05, 0) is 46.2 Å². The van der Waals surface area contributed by atoms with E-state index in [1.165, 1.54) is 0 Å². The van der Waals surface area contributed by atoms with Gasteiger partial charge in [0, 0.05) is 12.5 Å². The summed E-state index contributed by atoms with van der Waals surface area (Å²) in [4.78, 5) is 25.5. The Bertz CT molecular complexity index is 426. The number of nitrogens with one attached hydrogen (secondary N) is 2. The van der Waals surface area contributed by atoms with E-state index in [1.54, 1.807) is 4.90 Å². The van der Waals surface area contributed by atoms with Crippen LogP contribution in [-0.4, -0.2) is 73.9 Å². The Kier molecular flexibility index (Phi) is 7.45. The molecule has 3 atom stereocenters. The van der Waals surface area contributed by atoms with Crippen LogP contribution in [0.4, 0.5) is 0 Å². The van der Waals surface area contributed by atoms with E-state index in [2.05, 4.69) is 10.6 Å². The molecule has 0 aromatic heterocycles. The first-order valence-electron chi connectivity index (χ1n) is 8.97. The van der Waals surface area contributed by atoms with Gasteiger partial charge in [-0.2, -0.15) is 0 Å². The molecular weight excluding hydrogens is 310 g/mol. The van der Waals surface area contributed by atoms with E-state index in [1.807, 2.05) is 14.1 Å². The second-order valence-electron chi connectivity index (χ2n) is 7.18. The van der Waals surface area contributed by atoms with Gasteiger partial charge < -0.3 is 25.4 Å². The largest absolute Gasteiger partial charge is 0.394 e. The highest BCUT2D eigenvalue weighted by atomic mass is 16.5. The molecule has 1 saturated carbocycles. The van der Waals surface area contributed by atoms with Crippen LogP contribution in [0.15, 0.2) is 0 Å². The zero-order valence-electron chi connectivity index (χ0n) is 14.8. The summed E-state index contributed by atoms with van der Waals surface area (Å²) in [6, 6.07) is -0.150. The molecule has 24 heavy (non-hydrogen) atoms. The lowest BCUT2D eigenvalue weighted by Gasteiger charge is -2.36. The van der Waals surface area contributed by atoms with Gasteiger partial charge in [0.1, 0.15) is 6.10 Å². The molecule has 1 aliphatic carbocycles. The fourth-order valence-corrected chi connectivity index (χ4v) is 3.22. The number of aliphatic hydroxyl groups excluding tert-OH is 1. The first-order valence-corrected chi connectivity index (χ1v) is 8.97. The molecule has 2 rings (SSSR count). The third-order valence-corrected chi connectivity index (χ3v) is 4.84. The number of rotatable bonds is 8. The Morgan fingerprint density at radius 2 is 1.96 bits per heavy atom. The second kappa shape index (κ2) is 9.34. The van der Waals surface area contributed by atoms with Crippen LogP contribution in [0.5, 0.6) is 0 Å². The number of carbonyl (C=O) groups is 2. The minimum atomic E-state index is -0.378. The number of hydrogen-bond donors (Lipinski definition) is 3. The Labute approximate surface area is 144 Å². The molecule has 0 unspecified atom stereocenters. The summed E-state index contributed by atoms with van der Waals surface area (Å²) < 4.78 is 5.91. The SMILES string of the molecule is CN(C)CC(=O)N[C@H]1CC[C@@H](CCNC(=O)C2CCC2)O[C@H]1CO. The van der Waals surface area contributed by atoms with Crippen LogP contribution in [0.2, 0.25) is 0 Å². The van der Waals surface area contributed by atoms with Crippen LogP contribution in [0.25, 0.3) is 0 Å². The van der Waals surface area contributed by atoms with Crippen molar-refractivity contribution in [2.45, 2.75) is 56.8 Å². The summed E-state index contributed by atoms with van der Waals surface area (Å²) in [7, 11) is 3.68. The van der Waals surface area contributed by atoms with Gasteiger partial charge in [-0.3, -0.25) is 9.59 Å². The lowest BCUT2D eigenvalue weighted by Crippen LogP contribution is -2.52. The van der Waals surface area contributed by atoms with Crippen molar-refractivity contribution in [1.82, 2.24) is 15.5 Å². The smallest absolute Gasteiger partial charge is 0.234 e. The fourth-order valence-electron chi connectivity index (χ4n) is 3.22. The van der Waals surface area contributed by atoms with Crippen molar-refractivity contribution in [3.63, 3.8) is 0 Å². The van der Waals surface area contributed by atoms with Gasteiger partial charge in [0.05, 0.1) is 25.3 Å². The van der Waals surface area contributed by atoms with E-state index < -0.39 is 0 Å². The van der Waals surface area contributed by atoms with Gasteiger partial charge in [0.2, 0.25) is 11.8 Å². The fraction of sp³-hybridized carbons (Fsp3) is 0.882. The van der Waals surface area contributed by atoms with Gasteiger partial charge in [-0.15, -0.1) is 0 Å². The standard InChI is InChI=1S/C17H31N3O4/c1-20(2)10-16(22)19-14-7-6-13(24-15(14)11-21)8-9-18-17(23)12-4-3-5-12/h12-15,21H,3-11H2,1-2H3,(H,18,23)(H,19,22)/t13-,14-,15-/m0/s1. The van der Waals surface area contributed by atoms with Crippen LogP contribution in [0.1, 0.15) is 38.5 Å². The maximum atomic E-state index is 11.9. The number of ether oxygens (including phenoxy) is 1. The zero-order chi connectivity index (χ0) is 17.5. The lowest BCUT2D eigenvalue weighted by molar-refractivity contribution is -0.130. The van der Waals surface area contributed by atoms with Crippen molar-refractivity contribution >= 4 is 11.8 Å². The molecule has 0 radical (unpaired) electrons. The third-order valence-electron chi connectivity index (χ3n) is 4.84. The monoisotopic (exact) mass is 341 g/mol. The minimum Gasteiger partial charge on any atom is -0.394 e. The summed E-state index contributed by atoms with van der Waals surface area (Å²) >= 11 is 0. The quantitative estimate of drug-likeness (QED) is 0.573. The number of likely N-dealkylation sites (N-methyl/N-ethyl adjacent to an activating group) is 1. The number of carbonyl (C=O) groups excluding carboxylic acids is 2. The minimum absolute atomic E-state index is 0.0193. The topological polar surface area (TPSA) is 90.9 Å². The van der Waals surface area contributed by atoms with Crippen molar-refractivity contribution < 1.29 is 19.4 Å². The summed E-state index contributed by atoms with van der Waals surface area (Å²) in [6.07, 6.45) is 5.16. The van der Waals surface area contributed by atoms with Crippen molar-refractivity contribution in [3.8, 4) is 0 Å². The molecule has 0 bridgehead atoms. The number of aliphatic hydroxyl groups is 1. The lowest BCUT2D eigenvalue weighted by atomic mass is 9.85. The molecule has 0 aromatic rings. The van der Waals surface area contributed by atoms with Crippen LogP contribution < -0.4 is 10.6 Å². The second-order valence-corrected chi connectivity index (χ2v) is 7.18. The Balaban J connectivity index is 1.69. The first kappa shape index (κ1) is 19.1. The molecule has 138 valence electrons. The van der Waals surface area contributed by atoms with Crippen LogP contribution in [0, 0.1) is 5.92 Å². The van der Waals surface area contributed by atoms with Gasteiger partial charge in [-0.1, -0.05) is 6.42 Å². The maximum Gasteiger partial charge on any atom is 0.234 e. The van der Waals surface area contributed by atoms with Crippen LogP contribution in [0.3, 0.4) is 0 Å². The van der Waals surface area contributed by atoms with Gasteiger partial charge in [-0.25, -0.2) is 0 Å². The molecule has 2 aliphatic rings. The summed E-state index contributed by atoms with van der Waals surface area (Å²) in [5, 5.41) is 15.5. The summed E-state index contributed by atoms with van der Waals surface area (Å²) in [5.74, 6) is 0.307. The Morgan fingerprint density at radius 1 is 1.21 bits per heavy atom. The van der Waals surface area contributed by atoms with E-state index >= 15 is 0 Å². The highest BCUT2D eigenvalue weighted by Gasteiger charge is 2.32. The van der Waals surface area contributed by atoms with Gasteiger partial charge in [0.15, 0.2) is 0 Å². The van der Waals surface area contributed by atoms with E-state index in [-0.39, 0.29) is 42.6 Å². The normalized spacial score (nSPS) is 27.6. The summed E-state index contributed by atoms with van der Waals surface area (Å²) in [5.41, 5.74) is 0. The Morgan fingerprint density at radius 3 is 2.54 bits per heavy atom. The molecule has 0 aromatic carbocycles. The van der Waals surface area contributed by atoms with Crippen LogP contribution >= 0.6 is 0 Å². The van der Waals surface area contributed by atoms with Crippen molar-refractivity contribution in [2.75, 3.05) is 33.8 Å². The first-order chi connectivity index (χ1) is 11.5. The predicted octanol–water partition coefficient (Wildman–Crippen LogP) is -0.121. The van der Waals surface area contributed by atoms with E-state index in [9.17, 15) is 14.7 Å². The maximum absolute atomic E-state index is 11.9. The van der Waals surface area contributed by atoms with Crippen molar-refractivity contribution in [3.05, 3.63) is 0 Å². The summed E-state index contributed by atoms with van der Waals surface area (Å²) in [6.45, 7) is 0.818. The number of hydrogen-bond acceptors (Lipinski definition) is 5. The molecular formula is C17H31N3O4. The molecule has 7 heteroatoms. The average Bonchev–Trinajstić information content (AvgIpc) is 2.45. The molecule has 2 amide bonds. The predicted molar refractivity (Wildman–Crippen MR) is 90.4 cm³/mol. The third kappa shape index (κ3) is 5.72. The van der Waals surface area contributed by atoms with Crippen LogP contribution in [-0.2, 0) is 14.3 Å². The molecule has 7 nitrogen and oxygen atoms in total. The zero-order valence-corrected chi connectivity index (χ0v) is 14.8. The number of nitrogens with zero attached hydrogens (tertiary/aromatic N) is 1. The van der Waals surface area contributed by atoms with E-state index in [4.69, 9.17) is 4.74 Å². The highest BCUT2D eigenvalue weighted by molar-refractivity contribution is 5.79. The van der Waals surface area contributed by atoms with Gasteiger partial charge >= 0.3 is 0 Å². The average molecular weight is 341 g/mol. The molecule has 0 spiro atoms. The molecule has 2 fully saturated rings. The van der Waals surface area contributed by atoms with Crippen molar-refractivity contribution in [1.29, 1.82) is 0 Å². The molecule has 1 saturated heterocycles. The molecule has 1 heterocycles. The van der Waals surface area contributed by atoms with E-state index in [0.29, 0.717) is 13.1 Å². The van der Waals surface area contributed by atoms with E-state index in [0.717, 1.165) is 38.5 Å². The Hall–Kier alpha value is -1.18. The molecule has 3 N–H and O–H groups in total. The van der Waals surface area contributed by atoms with Crippen molar-refractivity contribution in [2.24, 2.45) is 5.92 Å².